The second kappa shape index (κ2) is 9.45. The number of piperazine rings is 1. The van der Waals surface area contributed by atoms with Crippen LogP contribution in [0.5, 0.6) is 5.75 Å². The monoisotopic (exact) mass is 417 g/mol. The van der Waals surface area contributed by atoms with Gasteiger partial charge in [-0.3, -0.25) is 14.9 Å². The van der Waals surface area contributed by atoms with Crippen LogP contribution >= 0.6 is 0 Å². The van der Waals surface area contributed by atoms with Gasteiger partial charge in [0, 0.05) is 37.3 Å². The van der Waals surface area contributed by atoms with E-state index in [1.807, 2.05) is 12.1 Å². The molecule has 31 heavy (non-hydrogen) atoms. The Balaban J connectivity index is 1.70. The maximum atomic E-state index is 5.54. The van der Waals surface area contributed by atoms with Gasteiger partial charge in [-0.15, -0.1) is 6.58 Å². The van der Waals surface area contributed by atoms with E-state index in [2.05, 4.69) is 87.9 Å². The third-order valence-corrected chi connectivity index (χ3v) is 6.18. The highest BCUT2D eigenvalue weighted by Gasteiger charge is 2.34. The molecular weight excluding hydrogens is 386 g/mol. The van der Waals surface area contributed by atoms with E-state index in [0.29, 0.717) is 12.1 Å². The first-order valence-corrected chi connectivity index (χ1v) is 10.8. The standard InChI is InChI=1S/C25H31N5O/c1-5-13-29-15-19(3)30(16-18(29)2)24(22-7-6-8-23(14-22)31-4)20-9-11-21(12-10-20)25-26-17-27-28-25/h5-12,14,17-19,24H,1,13,15-16H2,2-4H3,(H,26,27,28). The van der Waals surface area contributed by atoms with Crippen LogP contribution in [0.15, 0.2) is 67.5 Å². The summed E-state index contributed by atoms with van der Waals surface area (Å²) < 4.78 is 5.54. The van der Waals surface area contributed by atoms with Crippen LogP contribution in [-0.4, -0.2) is 63.8 Å². The van der Waals surface area contributed by atoms with E-state index in [1.54, 1.807) is 7.11 Å². The van der Waals surface area contributed by atoms with Gasteiger partial charge in [-0.2, -0.15) is 5.10 Å². The molecule has 6 nitrogen and oxygen atoms in total. The highest BCUT2D eigenvalue weighted by Crippen LogP contribution is 2.35. The Kier molecular flexibility index (Phi) is 6.49. The maximum absolute atomic E-state index is 5.54. The summed E-state index contributed by atoms with van der Waals surface area (Å²) in [6, 6.07) is 18.1. The van der Waals surface area contributed by atoms with Crippen molar-refractivity contribution in [2.45, 2.75) is 32.0 Å². The molecule has 4 rings (SSSR count). The number of aromatic amines is 1. The number of rotatable bonds is 7. The third-order valence-electron chi connectivity index (χ3n) is 6.18. The molecule has 3 atom stereocenters. The predicted molar refractivity (Wildman–Crippen MR) is 124 cm³/mol. The van der Waals surface area contributed by atoms with Crippen molar-refractivity contribution >= 4 is 0 Å². The number of hydrogen-bond acceptors (Lipinski definition) is 5. The van der Waals surface area contributed by atoms with Crippen molar-refractivity contribution in [2.24, 2.45) is 0 Å². The Morgan fingerprint density at radius 3 is 2.61 bits per heavy atom. The Bertz CT molecular complexity index is 985. The van der Waals surface area contributed by atoms with E-state index in [0.717, 1.165) is 36.8 Å². The van der Waals surface area contributed by atoms with Gasteiger partial charge in [0.25, 0.3) is 0 Å². The molecule has 162 valence electrons. The van der Waals surface area contributed by atoms with Gasteiger partial charge in [-0.05, 0) is 37.1 Å². The average molecular weight is 418 g/mol. The van der Waals surface area contributed by atoms with Gasteiger partial charge in [-0.25, -0.2) is 4.98 Å². The van der Waals surface area contributed by atoms with Crippen LogP contribution in [0.25, 0.3) is 11.4 Å². The zero-order valence-electron chi connectivity index (χ0n) is 18.5. The lowest BCUT2D eigenvalue weighted by atomic mass is 9.92. The Labute approximate surface area is 184 Å². The summed E-state index contributed by atoms with van der Waals surface area (Å²) >= 11 is 0. The molecular formula is C25H31N5O. The molecule has 3 aromatic rings. The molecule has 1 saturated heterocycles. The van der Waals surface area contributed by atoms with E-state index in [-0.39, 0.29) is 6.04 Å². The van der Waals surface area contributed by atoms with Crippen molar-refractivity contribution in [3.63, 3.8) is 0 Å². The van der Waals surface area contributed by atoms with E-state index < -0.39 is 0 Å². The van der Waals surface area contributed by atoms with Crippen molar-refractivity contribution in [1.82, 2.24) is 25.0 Å². The number of ether oxygens (including phenoxy) is 1. The topological polar surface area (TPSA) is 57.3 Å². The molecule has 2 heterocycles. The zero-order valence-corrected chi connectivity index (χ0v) is 18.5. The van der Waals surface area contributed by atoms with E-state index in [1.165, 1.54) is 17.5 Å². The number of H-pyrrole nitrogens is 1. The number of benzene rings is 2. The van der Waals surface area contributed by atoms with Gasteiger partial charge in [0.1, 0.15) is 12.1 Å². The van der Waals surface area contributed by atoms with Gasteiger partial charge < -0.3 is 4.74 Å². The molecule has 1 aliphatic rings. The number of methoxy groups -OCH3 is 1. The summed E-state index contributed by atoms with van der Waals surface area (Å²) in [6.07, 6.45) is 3.54. The second-order valence-corrected chi connectivity index (χ2v) is 8.27. The second-order valence-electron chi connectivity index (χ2n) is 8.27. The lowest BCUT2D eigenvalue weighted by Crippen LogP contribution is -2.57. The quantitative estimate of drug-likeness (QED) is 0.585. The molecule has 0 saturated carbocycles. The van der Waals surface area contributed by atoms with Crippen LogP contribution in [0.1, 0.15) is 31.0 Å². The molecule has 3 unspecified atom stereocenters. The van der Waals surface area contributed by atoms with Crippen LogP contribution in [0.3, 0.4) is 0 Å². The summed E-state index contributed by atoms with van der Waals surface area (Å²) in [6.45, 7) is 11.5. The largest absolute Gasteiger partial charge is 0.497 e. The van der Waals surface area contributed by atoms with Crippen molar-refractivity contribution in [1.29, 1.82) is 0 Å². The smallest absolute Gasteiger partial charge is 0.155 e. The average Bonchev–Trinajstić information content (AvgIpc) is 3.33. The molecule has 0 bridgehead atoms. The number of aromatic nitrogens is 3. The summed E-state index contributed by atoms with van der Waals surface area (Å²) in [5, 5.41) is 6.91. The lowest BCUT2D eigenvalue weighted by molar-refractivity contribution is 0.0306. The molecule has 1 aliphatic heterocycles. The van der Waals surface area contributed by atoms with E-state index >= 15 is 0 Å². The predicted octanol–water partition coefficient (Wildman–Crippen LogP) is 4.15. The minimum Gasteiger partial charge on any atom is -0.497 e. The molecule has 6 heteroatoms. The number of nitrogens with zero attached hydrogens (tertiary/aromatic N) is 4. The minimum atomic E-state index is 0.141. The van der Waals surface area contributed by atoms with Crippen LogP contribution in [0.4, 0.5) is 0 Å². The first-order chi connectivity index (χ1) is 15.1. The first kappa shape index (κ1) is 21.3. The highest BCUT2D eigenvalue weighted by atomic mass is 16.5. The van der Waals surface area contributed by atoms with Crippen LogP contribution in [0, 0.1) is 0 Å². The highest BCUT2D eigenvalue weighted by molar-refractivity contribution is 5.55. The van der Waals surface area contributed by atoms with E-state index in [4.69, 9.17) is 4.74 Å². The van der Waals surface area contributed by atoms with Crippen molar-refractivity contribution in [2.75, 3.05) is 26.7 Å². The van der Waals surface area contributed by atoms with Gasteiger partial charge in [0.05, 0.1) is 13.2 Å². The Hall–Kier alpha value is -2.96. The molecule has 0 aliphatic carbocycles. The Morgan fingerprint density at radius 2 is 1.94 bits per heavy atom. The van der Waals surface area contributed by atoms with Crippen molar-refractivity contribution < 1.29 is 4.74 Å². The molecule has 0 spiro atoms. The van der Waals surface area contributed by atoms with Crippen molar-refractivity contribution in [3.8, 4) is 17.1 Å². The lowest BCUT2D eigenvalue weighted by Gasteiger charge is -2.47. The summed E-state index contributed by atoms with van der Waals surface area (Å²) in [4.78, 5) is 9.39. The normalized spacial score (nSPS) is 21.0. The van der Waals surface area contributed by atoms with Crippen molar-refractivity contribution in [3.05, 3.63) is 78.6 Å². The fourth-order valence-electron chi connectivity index (χ4n) is 4.56. The summed E-state index contributed by atoms with van der Waals surface area (Å²) in [5.74, 6) is 1.66. The SMILES string of the molecule is C=CCN1CC(C)N(C(c2ccc(-c3ncn[nH]3)cc2)c2cccc(OC)c2)CC1C. The zero-order chi connectivity index (χ0) is 21.8. The van der Waals surface area contributed by atoms with Gasteiger partial charge in [0.2, 0.25) is 0 Å². The van der Waals surface area contributed by atoms with Crippen LogP contribution in [0.2, 0.25) is 0 Å². The Morgan fingerprint density at radius 1 is 1.13 bits per heavy atom. The molecule has 0 radical (unpaired) electrons. The fraction of sp³-hybridized carbons (Fsp3) is 0.360. The summed E-state index contributed by atoms with van der Waals surface area (Å²) in [5.41, 5.74) is 3.53. The molecule has 1 aromatic heterocycles. The first-order valence-electron chi connectivity index (χ1n) is 10.8. The fourth-order valence-corrected chi connectivity index (χ4v) is 4.56. The summed E-state index contributed by atoms with van der Waals surface area (Å²) in [7, 11) is 1.72. The van der Waals surface area contributed by atoms with Crippen LogP contribution < -0.4 is 4.74 Å². The molecule has 2 aromatic carbocycles. The maximum Gasteiger partial charge on any atom is 0.155 e. The molecule has 1 N–H and O–H groups in total. The molecule has 0 amide bonds. The van der Waals surface area contributed by atoms with Gasteiger partial charge in [0.15, 0.2) is 5.82 Å². The van der Waals surface area contributed by atoms with E-state index in [9.17, 15) is 0 Å². The molecule has 1 fully saturated rings. The third kappa shape index (κ3) is 4.55. The minimum absolute atomic E-state index is 0.141. The van der Waals surface area contributed by atoms with Gasteiger partial charge >= 0.3 is 0 Å². The van der Waals surface area contributed by atoms with Gasteiger partial charge in [-0.1, -0.05) is 42.5 Å². The number of nitrogens with one attached hydrogen (secondary N) is 1. The number of hydrogen-bond donors (Lipinski definition) is 1. The van der Waals surface area contributed by atoms with Crippen LogP contribution in [-0.2, 0) is 0 Å².